The Hall–Kier alpha value is -2.37. The van der Waals surface area contributed by atoms with Crippen molar-refractivity contribution in [3.8, 4) is 0 Å². The van der Waals surface area contributed by atoms with Gasteiger partial charge in [0.05, 0.1) is 12.9 Å². The van der Waals surface area contributed by atoms with Crippen molar-refractivity contribution in [2.75, 3.05) is 12.0 Å². The van der Waals surface area contributed by atoms with Crippen LogP contribution in [0, 0.1) is 30.6 Å². The number of halogens is 1. The lowest BCUT2D eigenvalue weighted by Gasteiger charge is -2.30. The first kappa shape index (κ1) is 24.9. The van der Waals surface area contributed by atoms with Crippen LogP contribution in [0.15, 0.2) is 43.2 Å². The van der Waals surface area contributed by atoms with E-state index in [1.54, 1.807) is 30.3 Å². The summed E-state index contributed by atoms with van der Waals surface area (Å²) in [6, 6.07) is 7.61. The Bertz CT molecular complexity index is 991. The van der Waals surface area contributed by atoms with Gasteiger partial charge in [0.25, 0.3) is 0 Å². The van der Waals surface area contributed by atoms with Crippen LogP contribution >= 0.6 is 22.9 Å². The maximum Gasteiger partial charge on any atom is 0.110 e. The van der Waals surface area contributed by atoms with Crippen LogP contribution in [0.2, 0.25) is 5.02 Å². The van der Waals surface area contributed by atoms with Crippen molar-refractivity contribution in [2.24, 2.45) is 5.92 Å². The molecule has 6 heteroatoms. The van der Waals surface area contributed by atoms with Crippen LogP contribution in [0.4, 0.5) is 5.00 Å². The van der Waals surface area contributed by atoms with Gasteiger partial charge in [-0.2, -0.15) is 0 Å². The van der Waals surface area contributed by atoms with Crippen molar-refractivity contribution < 1.29 is 4.74 Å². The van der Waals surface area contributed by atoms with Crippen molar-refractivity contribution in [3.63, 3.8) is 0 Å². The molecule has 1 aromatic carbocycles. The predicted octanol–water partition coefficient (Wildman–Crippen LogP) is 7.83. The Morgan fingerprint density at radius 2 is 1.81 bits per heavy atom. The summed E-state index contributed by atoms with van der Waals surface area (Å²) in [5.41, 5.74) is 3.92. The molecule has 0 radical (unpaired) electrons. The number of hydrogen-bond acceptors (Lipinski definition) is 4. The fourth-order valence-electron chi connectivity index (χ4n) is 3.58. The summed E-state index contributed by atoms with van der Waals surface area (Å²) in [7, 11) is 1.61. The molecule has 1 aromatic heterocycles. The fourth-order valence-corrected chi connectivity index (χ4v) is 4.96. The molecule has 0 fully saturated rings. The number of ether oxygens (including phenoxy) is 1. The molecule has 0 spiro atoms. The molecule has 0 amide bonds. The highest BCUT2D eigenvalue weighted by Gasteiger charge is 2.29. The van der Waals surface area contributed by atoms with E-state index in [1.807, 2.05) is 24.3 Å². The number of thiophene rings is 1. The highest BCUT2D eigenvalue weighted by atomic mass is 35.5. The minimum atomic E-state index is -0.0860. The van der Waals surface area contributed by atoms with Crippen LogP contribution in [0.3, 0.4) is 0 Å². The normalized spacial score (nSPS) is 11.7. The standard InChI is InChI=1S/C25H32ClN3OS/c1-8-9-21(14-15(2)30-7)24(28)29(19(6)27)25-23(16(3)18(5)31-25)17(4)20-10-12-22(26)13-11-20/h10-13,21,27-28H,2,4,8-9,14H2,1,3,5-7H3. The van der Waals surface area contributed by atoms with E-state index in [-0.39, 0.29) is 5.92 Å². The predicted molar refractivity (Wildman–Crippen MR) is 136 cm³/mol. The van der Waals surface area contributed by atoms with Crippen LogP contribution in [0.5, 0.6) is 0 Å². The first-order chi connectivity index (χ1) is 14.6. The van der Waals surface area contributed by atoms with E-state index >= 15 is 0 Å². The maximum atomic E-state index is 9.04. The third-order valence-corrected chi connectivity index (χ3v) is 6.87. The van der Waals surface area contributed by atoms with E-state index in [2.05, 4.69) is 33.9 Å². The van der Waals surface area contributed by atoms with Gasteiger partial charge in [0.1, 0.15) is 16.7 Å². The lowest BCUT2D eigenvalue weighted by atomic mass is 9.94. The minimum Gasteiger partial charge on any atom is -0.502 e. The average Bonchev–Trinajstić information content (AvgIpc) is 3.01. The van der Waals surface area contributed by atoms with Crippen molar-refractivity contribution in [3.05, 3.63) is 69.8 Å². The summed E-state index contributed by atoms with van der Waals surface area (Å²) in [5, 5.41) is 19.1. The molecule has 0 bridgehead atoms. The number of hydrogen-bond donors (Lipinski definition) is 2. The molecule has 0 aliphatic heterocycles. The summed E-state index contributed by atoms with van der Waals surface area (Å²) >= 11 is 7.67. The van der Waals surface area contributed by atoms with Gasteiger partial charge in [-0.05, 0) is 56.0 Å². The zero-order valence-electron chi connectivity index (χ0n) is 19.1. The Labute approximate surface area is 195 Å². The zero-order valence-corrected chi connectivity index (χ0v) is 20.6. The number of benzene rings is 1. The molecular formula is C25H32ClN3OS. The van der Waals surface area contributed by atoms with E-state index in [4.69, 9.17) is 27.2 Å². The number of aryl methyl sites for hydroxylation is 1. The van der Waals surface area contributed by atoms with Gasteiger partial charge in [0.2, 0.25) is 0 Å². The largest absolute Gasteiger partial charge is 0.502 e. The van der Waals surface area contributed by atoms with Gasteiger partial charge in [-0.25, -0.2) is 0 Å². The number of nitrogens with zero attached hydrogens (tertiary/aromatic N) is 1. The summed E-state index contributed by atoms with van der Waals surface area (Å²) in [6.45, 7) is 16.3. The highest BCUT2D eigenvalue weighted by molar-refractivity contribution is 7.17. The second-order valence-corrected chi connectivity index (χ2v) is 9.33. The average molecular weight is 458 g/mol. The maximum absolute atomic E-state index is 9.04. The SMILES string of the molecule is C=C(CC(CCC)C(=N)N(C(C)=N)c1sc(C)c(C)c1C(=C)c1ccc(Cl)cc1)OC. The Balaban J connectivity index is 2.56. The molecule has 2 N–H and O–H groups in total. The second kappa shape index (κ2) is 10.8. The van der Waals surface area contributed by atoms with Gasteiger partial charge in [-0.3, -0.25) is 15.7 Å². The first-order valence-electron chi connectivity index (χ1n) is 10.3. The van der Waals surface area contributed by atoms with Crippen LogP contribution in [0.25, 0.3) is 5.57 Å². The molecule has 0 saturated heterocycles. The van der Waals surface area contributed by atoms with E-state index < -0.39 is 0 Å². The monoisotopic (exact) mass is 457 g/mol. The molecule has 1 heterocycles. The number of rotatable bonds is 9. The summed E-state index contributed by atoms with van der Waals surface area (Å²) < 4.78 is 5.29. The molecule has 1 atom stereocenters. The number of methoxy groups -OCH3 is 1. The van der Waals surface area contributed by atoms with Gasteiger partial charge >= 0.3 is 0 Å². The van der Waals surface area contributed by atoms with Gasteiger partial charge in [-0.15, -0.1) is 11.3 Å². The topological polar surface area (TPSA) is 60.2 Å². The quantitative estimate of drug-likeness (QED) is 0.229. The minimum absolute atomic E-state index is 0.0860. The molecule has 0 aliphatic carbocycles. The Morgan fingerprint density at radius 3 is 2.32 bits per heavy atom. The number of anilines is 1. The van der Waals surface area contributed by atoms with E-state index in [1.165, 1.54) is 0 Å². The van der Waals surface area contributed by atoms with Crippen LogP contribution in [-0.4, -0.2) is 18.8 Å². The number of amidine groups is 2. The van der Waals surface area contributed by atoms with Crippen LogP contribution in [-0.2, 0) is 4.74 Å². The van der Waals surface area contributed by atoms with Crippen molar-refractivity contribution in [1.82, 2.24) is 0 Å². The lowest BCUT2D eigenvalue weighted by molar-refractivity contribution is 0.269. The third-order valence-electron chi connectivity index (χ3n) is 5.43. The number of nitrogens with one attached hydrogen (secondary N) is 2. The lowest BCUT2D eigenvalue weighted by Crippen LogP contribution is -2.39. The number of allylic oxidation sites excluding steroid dienone is 1. The van der Waals surface area contributed by atoms with E-state index in [0.29, 0.717) is 28.9 Å². The molecular weight excluding hydrogens is 426 g/mol. The van der Waals surface area contributed by atoms with E-state index in [0.717, 1.165) is 45.0 Å². The van der Waals surface area contributed by atoms with Crippen LogP contribution in [0.1, 0.15) is 54.7 Å². The fraction of sp³-hybridized carbons (Fsp3) is 0.360. The highest BCUT2D eigenvalue weighted by Crippen LogP contribution is 2.42. The second-order valence-electron chi connectivity index (χ2n) is 7.69. The van der Waals surface area contributed by atoms with Gasteiger partial charge in [0, 0.05) is 27.8 Å². The summed E-state index contributed by atoms with van der Waals surface area (Å²) in [4.78, 5) is 2.90. The zero-order chi connectivity index (χ0) is 23.3. The van der Waals surface area contributed by atoms with Gasteiger partial charge < -0.3 is 4.74 Å². The molecule has 0 aliphatic rings. The van der Waals surface area contributed by atoms with Crippen molar-refractivity contribution in [1.29, 1.82) is 10.8 Å². The summed E-state index contributed by atoms with van der Waals surface area (Å²) in [5.74, 6) is 1.26. The molecule has 166 valence electrons. The first-order valence-corrected chi connectivity index (χ1v) is 11.5. The molecule has 0 saturated carbocycles. The Kier molecular flexibility index (Phi) is 8.66. The third kappa shape index (κ3) is 5.66. The van der Waals surface area contributed by atoms with Crippen molar-refractivity contribution in [2.45, 2.75) is 47.0 Å². The summed E-state index contributed by atoms with van der Waals surface area (Å²) in [6.07, 6.45) is 2.31. The van der Waals surface area contributed by atoms with Crippen LogP contribution < -0.4 is 4.90 Å². The van der Waals surface area contributed by atoms with Crippen molar-refractivity contribution >= 4 is 45.2 Å². The molecule has 4 nitrogen and oxygen atoms in total. The molecule has 2 aromatic rings. The Morgan fingerprint density at radius 1 is 1.19 bits per heavy atom. The van der Waals surface area contributed by atoms with Gasteiger partial charge in [0.15, 0.2) is 0 Å². The molecule has 2 rings (SSSR count). The van der Waals surface area contributed by atoms with E-state index in [9.17, 15) is 0 Å². The molecule has 31 heavy (non-hydrogen) atoms. The molecule has 1 unspecified atom stereocenters. The van der Waals surface area contributed by atoms with Gasteiger partial charge in [-0.1, -0.05) is 50.2 Å². The smallest absolute Gasteiger partial charge is 0.110 e.